The lowest BCUT2D eigenvalue weighted by molar-refractivity contribution is -0.227. The Kier molecular flexibility index (Phi) is 4.82. The molecular formula is C24H32O5. The lowest BCUT2D eigenvalue weighted by Crippen LogP contribution is -2.64. The third-order valence-electron chi connectivity index (χ3n) is 8.26. The van der Waals surface area contributed by atoms with Gasteiger partial charge in [-0.1, -0.05) is 20.8 Å². The summed E-state index contributed by atoms with van der Waals surface area (Å²) in [5.41, 5.74) is -1.25. The number of aliphatic hydroxyl groups is 2. The van der Waals surface area contributed by atoms with Crippen molar-refractivity contribution in [2.24, 2.45) is 22.7 Å². The standard InChI is InChI=1S/C24H32O5/c1-22(2)19-9-7-16(24(4,27)23(19,3)12-11-20(22)25)14-28-17-8-5-15-6-10-21(26)29-18(15)13-17/h5-6,8,10,13,16,19-20,25,27H,7,9,11-12,14H2,1-4H3/t16?,19?,20-,23-,24?/m0/s1. The molecule has 0 spiro atoms. The lowest BCUT2D eigenvalue weighted by atomic mass is 9.44. The highest BCUT2D eigenvalue weighted by molar-refractivity contribution is 5.77. The molecule has 158 valence electrons. The van der Waals surface area contributed by atoms with E-state index < -0.39 is 5.60 Å². The summed E-state index contributed by atoms with van der Waals surface area (Å²) >= 11 is 0. The van der Waals surface area contributed by atoms with Gasteiger partial charge in [-0.2, -0.15) is 0 Å². The van der Waals surface area contributed by atoms with Crippen LogP contribution in [0.5, 0.6) is 5.75 Å². The van der Waals surface area contributed by atoms with Gasteiger partial charge in [0.2, 0.25) is 0 Å². The smallest absolute Gasteiger partial charge is 0.336 e. The van der Waals surface area contributed by atoms with Crippen LogP contribution in [0.4, 0.5) is 0 Å². The van der Waals surface area contributed by atoms with Crippen LogP contribution in [0.15, 0.2) is 39.5 Å². The first-order valence-corrected chi connectivity index (χ1v) is 10.6. The van der Waals surface area contributed by atoms with Crippen molar-refractivity contribution in [3.63, 3.8) is 0 Å². The Morgan fingerprint density at radius 2 is 1.83 bits per heavy atom. The van der Waals surface area contributed by atoms with Gasteiger partial charge < -0.3 is 19.4 Å². The highest BCUT2D eigenvalue weighted by Gasteiger charge is 2.62. The third-order valence-corrected chi connectivity index (χ3v) is 8.26. The van der Waals surface area contributed by atoms with Crippen LogP contribution in [-0.4, -0.2) is 28.5 Å². The number of benzene rings is 1. The second-order valence-corrected chi connectivity index (χ2v) is 10.0. The molecule has 2 fully saturated rings. The van der Waals surface area contributed by atoms with Gasteiger partial charge in [0.1, 0.15) is 11.3 Å². The van der Waals surface area contributed by atoms with Gasteiger partial charge in [-0.3, -0.25) is 0 Å². The number of fused-ring (bicyclic) bond motifs is 2. The van der Waals surface area contributed by atoms with Crippen molar-refractivity contribution in [2.45, 2.75) is 65.1 Å². The Morgan fingerprint density at radius 1 is 1.10 bits per heavy atom. The van der Waals surface area contributed by atoms with Gasteiger partial charge in [0.25, 0.3) is 0 Å². The molecule has 0 radical (unpaired) electrons. The molecule has 5 heteroatoms. The summed E-state index contributed by atoms with van der Waals surface area (Å²) in [6.07, 6.45) is 3.03. The van der Waals surface area contributed by atoms with E-state index >= 15 is 0 Å². The Hall–Kier alpha value is -1.85. The fourth-order valence-electron chi connectivity index (χ4n) is 6.02. The van der Waals surface area contributed by atoms with Crippen LogP contribution in [0.2, 0.25) is 0 Å². The van der Waals surface area contributed by atoms with E-state index in [1.54, 1.807) is 12.1 Å². The minimum absolute atomic E-state index is 0.00623. The maximum Gasteiger partial charge on any atom is 0.336 e. The van der Waals surface area contributed by atoms with Crippen molar-refractivity contribution >= 4 is 11.0 Å². The second kappa shape index (κ2) is 6.85. The number of ether oxygens (including phenoxy) is 1. The molecular weight excluding hydrogens is 368 g/mol. The van der Waals surface area contributed by atoms with Gasteiger partial charge in [0.05, 0.1) is 18.3 Å². The molecule has 2 N–H and O–H groups in total. The molecule has 0 aliphatic heterocycles. The van der Waals surface area contributed by atoms with Gasteiger partial charge >= 0.3 is 5.63 Å². The molecule has 1 aromatic carbocycles. The van der Waals surface area contributed by atoms with E-state index in [0.717, 1.165) is 24.6 Å². The zero-order valence-corrected chi connectivity index (χ0v) is 17.8. The summed E-state index contributed by atoms with van der Waals surface area (Å²) in [5.74, 6) is 0.891. The summed E-state index contributed by atoms with van der Waals surface area (Å²) < 4.78 is 11.3. The van der Waals surface area contributed by atoms with Crippen molar-refractivity contribution in [3.8, 4) is 5.75 Å². The maximum absolute atomic E-state index is 11.7. The average molecular weight is 401 g/mol. The monoisotopic (exact) mass is 400 g/mol. The molecule has 4 rings (SSSR count). The Balaban J connectivity index is 1.54. The second-order valence-electron chi connectivity index (χ2n) is 10.0. The summed E-state index contributed by atoms with van der Waals surface area (Å²) in [4.78, 5) is 11.5. The van der Waals surface area contributed by atoms with E-state index in [1.165, 1.54) is 6.07 Å². The van der Waals surface area contributed by atoms with Crippen molar-refractivity contribution in [1.82, 2.24) is 0 Å². The van der Waals surface area contributed by atoms with Crippen LogP contribution < -0.4 is 10.4 Å². The quantitative estimate of drug-likeness (QED) is 0.757. The molecule has 5 atom stereocenters. The number of hydrogen-bond donors (Lipinski definition) is 2. The predicted octanol–water partition coefficient (Wildman–Crippen LogP) is 4.14. The van der Waals surface area contributed by atoms with E-state index in [1.807, 2.05) is 19.1 Å². The van der Waals surface area contributed by atoms with Gasteiger partial charge in [0, 0.05) is 23.4 Å². The van der Waals surface area contributed by atoms with Crippen LogP contribution in [-0.2, 0) is 0 Å². The zero-order chi connectivity index (χ0) is 21.0. The lowest BCUT2D eigenvalue weighted by Gasteiger charge is -2.63. The highest BCUT2D eigenvalue weighted by atomic mass is 16.5. The number of hydrogen-bond acceptors (Lipinski definition) is 5. The Morgan fingerprint density at radius 3 is 2.59 bits per heavy atom. The Bertz CT molecular complexity index is 959. The highest BCUT2D eigenvalue weighted by Crippen LogP contribution is 2.62. The molecule has 3 unspecified atom stereocenters. The molecule has 2 aromatic rings. The topological polar surface area (TPSA) is 79.9 Å². The first-order valence-electron chi connectivity index (χ1n) is 10.6. The van der Waals surface area contributed by atoms with E-state index in [2.05, 4.69) is 20.8 Å². The van der Waals surface area contributed by atoms with Crippen LogP contribution in [0.25, 0.3) is 11.0 Å². The first kappa shape index (κ1) is 20.4. The maximum atomic E-state index is 11.7. The number of aliphatic hydroxyl groups excluding tert-OH is 1. The van der Waals surface area contributed by atoms with Gasteiger partial charge in [-0.25, -0.2) is 4.79 Å². The Labute approximate surface area is 171 Å². The molecule has 2 aliphatic rings. The van der Waals surface area contributed by atoms with Crippen LogP contribution in [0, 0.1) is 22.7 Å². The molecule has 1 heterocycles. The number of rotatable bonds is 3. The predicted molar refractivity (Wildman–Crippen MR) is 112 cm³/mol. The van der Waals surface area contributed by atoms with Gasteiger partial charge in [-0.05, 0) is 67.6 Å². The normalized spacial score (nSPS) is 36.6. The zero-order valence-electron chi connectivity index (χ0n) is 17.8. The minimum Gasteiger partial charge on any atom is -0.493 e. The van der Waals surface area contributed by atoms with Crippen molar-refractivity contribution < 1.29 is 19.4 Å². The van der Waals surface area contributed by atoms with Gasteiger partial charge in [0.15, 0.2) is 0 Å². The van der Waals surface area contributed by atoms with Crippen LogP contribution in [0.3, 0.4) is 0 Å². The molecule has 2 saturated carbocycles. The van der Waals surface area contributed by atoms with Crippen LogP contribution in [0.1, 0.15) is 53.4 Å². The SMILES string of the molecule is CC1(C)C2CCC(COc3ccc4ccc(=O)oc4c3)C(C)(O)[C@@]2(C)CC[C@@H]1O. The summed E-state index contributed by atoms with van der Waals surface area (Å²) in [6.45, 7) is 8.80. The largest absolute Gasteiger partial charge is 0.493 e. The van der Waals surface area contributed by atoms with E-state index in [-0.39, 0.29) is 34.4 Å². The molecule has 0 saturated heterocycles. The molecule has 29 heavy (non-hydrogen) atoms. The fraction of sp³-hybridized carbons (Fsp3) is 0.625. The molecule has 0 amide bonds. The van der Waals surface area contributed by atoms with E-state index in [4.69, 9.17) is 9.15 Å². The molecule has 0 bridgehead atoms. The van der Waals surface area contributed by atoms with Crippen molar-refractivity contribution in [2.75, 3.05) is 6.61 Å². The first-order chi connectivity index (χ1) is 13.6. The summed E-state index contributed by atoms with van der Waals surface area (Å²) in [5, 5.41) is 23.1. The van der Waals surface area contributed by atoms with Crippen molar-refractivity contribution in [1.29, 1.82) is 0 Å². The third kappa shape index (κ3) is 3.19. The molecule has 5 nitrogen and oxygen atoms in total. The summed E-state index contributed by atoms with van der Waals surface area (Å²) in [7, 11) is 0. The minimum atomic E-state index is -0.892. The summed E-state index contributed by atoms with van der Waals surface area (Å²) in [6, 6.07) is 8.61. The fourth-order valence-corrected chi connectivity index (χ4v) is 6.02. The van der Waals surface area contributed by atoms with E-state index in [9.17, 15) is 15.0 Å². The van der Waals surface area contributed by atoms with Gasteiger partial charge in [-0.15, -0.1) is 0 Å². The van der Waals surface area contributed by atoms with Crippen LogP contribution >= 0.6 is 0 Å². The molecule has 1 aromatic heterocycles. The van der Waals surface area contributed by atoms with Crippen molar-refractivity contribution in [3.05, 3.63) is 40.8 Å². The van der Waals surface area contributed by atoms with E-state index in [0.29, 0.717) is 24.4 Å². The average Bonchev–Trinajstić information content (AvgIpc) is 2.65. The molecule has 2 aliphatic carbocycles.